The molecule has 3 aromatic rings. The third-order valence-corrected chi connectivity index (χ3v) is 5.36. The van der Waals surface area contributed by atoms with Crippen molar-refractivity contribution < 1.29 is 22.4 Å². The Labute approximate surface area is 181 Å². The summed E-state index contributed by atoms with van der Waals surface area (Å²) in [4.78, 5) is 18.9. The molecule has 1 saturated heterocycles. The Balaban J connectivity index is 1.66. The molecule has 0 bridgehead atoms. The number of halogens is 4. The quantitative estimate of drug-likeness (QED) is 0.582. The van der Waals surface area contributed by atoms with Crippen molar-refractivity contribution in [3.63, 3.8) is 0 Å². The van der Waals surface area contributed by atoms with Crippen LogP contribution in [0.3, 0.4) is 0 Å². The summed E-state index contributed by atoms with van der Waals surface area (Å²) < 4.78 is 56.7. The van der Waals surface area contributed by atoms with Gasteiger partial charge in [-0.1, -0.05) is 12.1 Å². The maximum Gasteiger partial charge on any atom is 0.258 e. The maximum atomic E-state index is 15.1. The van der Waals surface area contributed by atoms with E-state index in [9.17, 15) is 18.0 Å². The maximum absolute atomic E-state index is 15.1. The number of nitrogens with zero attached hydrogens (tertiary/aromatic N) is 2. The molecule has 166 valence electrons. The molecule has 0 radical (unpaired) electrons. The van der Waals surface area contributed by atoms with Crippen LogP contribution < -0.4 is 16.0 Å². The number of rotatable bonds is 4. The lowest BCUT2D eigenvalue weighted by atomic mass is 10.0. The highest BCUT2D eigenvalue weighted by Crippen LogP contribution is 2.32. The minimum Gasteiger partial charge on any atom is -0.368 e. The zero-order chi connectivity index (χ0) is 22.8. The van der Waals surface area contributed by atoms with Crippen LogP contribution >= 0.6 is 0 Å². The van der Waals surface area contributed by atoms with Gasteiger partial charge in [0.05, 0.1) is 28.7 Å². The second kappa shape index (κ2) is 8.96. The molecule has 5 nitrogen and oxygen atoms in total. The molecule has 9 heteroatoms. The number of hydrogen-bond donors (Lipinski definition) is 2. The summed E-state index contributed by atoms with van der Waals surface area (Å²) in [7, 11) is 0. The lowest BCUT2D eigenvalue weighted by Gasteiger charge is -2.33. The summed E-state index contributed by atoms with van der Waals surface area (Å²) in [6.45, 7) is 1.34. The highest BCUT2D eigenvalue weighted by atomic mass is 19.1. The van der Waals surface area contributed by atoms with Gasteiger partial charge in [0.25, 0.3) is 5.91 Å². The van der Waals surface area contributed by atoms with Gasteiger partial charge in [-0.25, -0.2) is 17.6 Å². The van der Waals surface area contributed by atoms with Crippen LogP contribution in [0.15, 0.2) is 48.8 Å². The van der Waals surface area contributed by atoms with Gasteiger partial charge >= 0.3 is 0 Å². The summed E-state index contributed by atoms with van der Waals surface area (Å²) in [6, 6.07) is 6.24. The van der Waals surface area contributed by atoms with Crippen molar-refractivity contribution in [2.75, 3.05) is 23.3 Å². The number of piperidine rings is 1. The highest BCUT2D eigenvalue weighted by Gasteiger charge is 2.24. The summed E-state index contributed by atoms with van der Waals surface area (Å²) in [6.07, 6.45) is 4.81. The van der Waals surface area contributed by atoms with E-state index in [1.165, 1.54) is 18.3 Å². The Morgan fingerprint density at radius 3 is 2.59 bits per heavy atom. The first-order chi connectivity index (χ1) is 15.3. The number of benzene rings is 2. The Hall–Kier alpha value is -3.46. The molecule has 0 aliphatic carbocycles. The van der Waals surface area contributed by atoms with Crippen LogP contribution in [0, 0.1) is 23.3 Å². The number of anilines is 2. The third-order valence-electron chi connectivity index (χ3n) is 5.36. The fraction of sp³-hybridized carbons (Fsp3) is 0.217. The molecule has 1 aromatic heterocycles. The van der Waals surface area contributed by atoms with E-state index >= 15 is 4.39 Å². The fourth-order valence-corrected chi connectivity index (χ4v) is 3.88. The zero-order valence-electron chi connectivity index (χ0n) is 16.9. The van der Waals surface area contributed by atoms with Crippen molar-refractivity contribution in [2.45, 2.75) is 18.9 Å². The molecular weight excluding hydrogens is 424 g/mol. The largest absolute Gasteiger partial charge is 0.368 e. The number of hydrogen-bond acceptors (Lipinski definition) is 4. The Morgan fingerprint density at radius 2 is 1.88 bits per heavy atom. The second-order valence-electron chi connectivity index (χ2n) is 7.61. The lowest BCUT2D eigenvalue weighted by molar-refractivity contribution is 0.102. The van der Waals surface area contributed by atoms with Crippen LogP contribution in [0.2, 0.25) is 0 Å². The van der Waals surface area contributed by atoms with Crippen molar-refractivity contribution in [3.05, 3.63) is 77.6 Å². The lowest BCUT2D eigenvalue weighted by Crippen LogP contribution is -2.43. The molecule has 0 unspecified atom stereocenters. The van der Waals surface area contributed by atoms with Crippen molar-refractivity contribution >= 4 is 17.3 Å². The van der Waals surface area contributed by atoms with Gasteiger partial charge in [-0.3, -0.25) is 9.78 Å². The second-order valence-corrected chi connectivity index (χ2v) is 7.61. The van der Waals surface area contributed by atoms with Gasteiger partial charge in [-0.2, -0.15) is 0 Å². The number of nitrogens with one attached hydrogen (secondary N) is 1. The van der Waals surface area contributed by atoms with E-state index in [-0.39, 0.29) is 6.04 Å². The number of pyridine rings is 1. The molecule has 2 aromatic carbocycles. The number of nitrogens with two attached hydrogens (primary N) is 1. The van der Waals surface area contributed by atoms with Crippen molar-refractivity contribution in [1.82, 2.24) is 4.98 Å². The molecule has 1 aliphatic rings. The minimum absolute atomic E-state index is 0.00454. The fourth-order valence-electron chi connectivity index (χ4n) is 3.88. The van der Waals surface area contributed by atoms with Gasteiger partial charge in [0.15, 0.2) is 0 Å². The molecule has 1 fully saturated rings. The molecule has 1 amide bonds. The van der Waals surface area contributed by atoms with Crippen LogP contribution in [0.25, 0.3) is 11.1 Å². The average molecular weight is 444 g/mol. The summed E-state index contributed by atoms with van der Waals surface area (Å²) >= 11 is 0. The molecule has 3 N–H and O–H groups in total. The van der Waals surface area contributed by atoms with Gasteiger partial charge in [0.2, 0.25) is 0 Å². The first kappa shape index (κ1) is 21.8. The molecule has 0 saturated carbocycles. The summed E-state index contributed by atoms with van der Waals surface area (Å²) in [5.41, 5.74) is 5.45. The van der Waals surface area contributed by atoms with Crippen LogP contribution in [-0.2, 0) is 0 Å². The van der Waals surface area contributed by atoms with E-state index in [1.807, 2.05) is 4.90 Å². The van der Waals surface area contributed by atoms with Crippen molar-refractivity contribution in [3.8, 4) is 11.1 Å². The first-order valence-corrected chi connectivity index (χ1v) is 10.0. The smallest absolute Gasteiger partial charge is 0.258 e. The average Bonchev–Trinajstić information content (AvgIpc) is 2.74. The first-order valence-electron chi connectivity index (χ1n) is 10.0. The van der Waals surface area contributed by atoms with Gasteiger partial charge in [0, 0.05) is 43.0 Å². The summed E-state index contributed by atoms with van der Waals surface area (Å²) in [5.74, 6) is -5.60. The standard InChI is InChI=1S/C23H20F4N4O/c24-13-9-17(25)21(18(26)10-13)15-4-1-5-16(22(15)27)23(32)30-19-11-29-7-6-20(19)31-8-2-3-14(28)12-31/h1,4-7,9-11,14H,2-3,8,12,28H2,(H,30,32)/t14-/m0/s1. The Morgan fingerprint density at radius 1 is 1.12 bits per heavy atom. The van der Waals surface area contributed by atoms with Crippen LogP contribution in [0.5, 0.6) is 0 Å². The van der Waals surface area contributed by atoms with E-state index < -0.39 is 45.9 Å². The van der Waals surface area contributed by atoms with Gasteiger partial charge in [0.1, 0.15) is 23.3 Å². The number of carbonyl (C=O) groups is 1. The molecule has 4 rings (SSSR count). The normalized spacial score (nSPS) is 16.2. The van der Waals surface area contributed by atoms with Gasteiger partial charge in [-0.05, 0) is 25.0 Å². The Bertz CT molecular complexity index is 1150. The van der Waals surface area contributed by atoms with E-state index in [0.29, 0.717) is 30.1 Å². The number of amides is 1. The van der Waals surface area contributed by atoms with E-state index in [1.54, 1.807) is 12.3 Å². The van der Waals surface area contributed by atoms with E-state index in [2.05, 4.69) is 10.3 Å². The van der Waals surface area contributed by atoms with Crippen molar-refractivity contribution in [1.29, 1.82) is 0 Å². The van der Waals surface area contributed by atoms with Gasteiger partial charge < -0.3 is 16.0 Å². The number of carbonyl (C=O) groups excluding carboxylic acids is 1. The predicted octanol–water partition coefficient (Wildman–Crippen LogP) is 4.48. The minimum atomic E-state index is -1.27. The van der Waals surface area contributed by atoms with Crippen LogP contribution in [0.4, 0.5) is 28.9 Å². The predicted molar refractivity (Wildman–Crippen MR) is 113 cm³/mol. The molecular formula is C23H20F4N4O. The third kappa shape index (κ3) is 4.29. The molecule has 1 aliphatic heterocycles. The van der Waals surface area contributed by atoms with Crippen molar-refractivity contribution in [2.24, 2.45) is 5.73 Å². The number of aromatic nitrogens is 1. The van der Waals surface area contributed by atoms with Crippen LogP contribution in [0.1, 0.15) is 23.2 Å². The highest BCUT2D eigenvalue weighted by molar-refractivity contribution is 6.06. The zero-order valence-corrected chi connectivity index (χ0v) is 16.9. The molecule has 2 heterocycles. The topological polar surface area (TPSA) is 71.2 Å². The summed E-state index contributed by atoms with van der Waals surface area (Å²) in [5, 5.41) is 2.63. The van der Waals surface area contributed by atoms with Gasteiger partial charge in [-0.15, -0.1) is 0 Å². The molecule has 1 atom stereocenters. The van der Waals surface area contributed by atoms with E-state index in [0.717, 1.165) is 25.5 Å². The Kier molecular flexibility index (Phi) is 6.09. The van der Waals surface area contributed by atoms with Crippen LogP contribution in [-0.4, -0.2) is 30.0 Å². The molecule has 0 spiro atoms. The SMILES string of the molecule is N[C@H]1CCCN(c2ccncc2NC(=O)c2cccc(-c3c(F)cc(F)cc3F)c2F)C1. The monoisotopic (exact) mass is 444 g/mol. The molecule has 32 heavy (non-hydrogen) atoms. The van der Waals surface area contributed by atoms with E-state index in [4.69, 9.17) is 5.73 Å².